The minimum absolute atomic E-state index is 0.240. The molecule has 0 fully saturated rings. The van der Waals surface area contributed by atoms with E-state index < -0.39 is 0 Å². The summed E-state index contributed by atoms with van der Waals surface area (Å²) in [5.74, 6) is 0.608. The van der Waals surface area contributed by atoms with E-state index in [0.717, 1.165) is 12.0 Å². The van der Waals surface area contributed by atoms with Gasteiger partial charge in [0, 0.05) is 28.0 Å². The molecule has 0 spiro atoms. The van der Waals surface area contributed by atoms with Gasteiger partial charge in [-0.15, -0.1) is 11.8 Å². The Labute approximate surface area is 153 Å². The molecule has 1 aliphatic rings. The Bertz CT molecular complexity index is 858. The summed E-state index contributed by atoms with van der Waals surface area (Å²) in [4.78, 5) is 14.0. The third-order valence-corrected chi connectivity index (χ3v) is 6.12. The van der Waals surface area contributed by atoms with E-state index in [0.29, 0.717) is 17.6 Å². The van der Waals surface area contributed by atoms with E-state index in [-0.39, 0.29) is 5.78 Å². The molecule has 1 aliphatic heterocycles. The first kappa shape index (κ1) is 16.2. The van der Waals surface area contributed by atoms with E-state index in [1.54, 1.807) is 0 Å². The lowest BCUT2D eigenvalue weighted by Gasteiger charge is -2.31. The Kier molecular flexibility index (Phi) is 4.71. The molecule has 0 N–H and O–H groups in total. The summed E-state index contributed by atoms with van der Waals surface area (Å²) in [6.45, 7) is 0. The molecule has 0 radical (unpaired) electrons. The van der Waals surface area contributed by atoms with Crippen molar-refractivity contribution in [3.63, 3.8) is 0 Å². The average molecular weight is 344 g/mol. The van der Waals surface area contributed by atoms with Crippen LogP contribution in [0.1, 0.15) is 40.2 Å². The van der Waals surface area contributed by atoms with Crippen LogP contribution < -0.4 is 0 Å². The highest BCUT2D eigenvalue weighted by molar-refractivity contribution is 8.00. The summed E-state index contributed by atoms with van der Waals surface area (Å²) < 4.78 is 0. The number of ketones is 1. The third kappa shape index (κ3) is 3.54. The number of carbonyl (C=O) groups is 1. The van der Waals surface area contributed by atoms with Crippen molar-refractivity contribution in [3.8, 4) is 0 Å². The van der Waals surface area contributed by atoms with Gasteiger partial charge in [-0.2, -0.15) is 0 Å². The maximum atomic E-state index is 12.7. The second kappa shape index (κ2) is 7.28. The van der Waals surface area contributed by atoms with Crippen LogP contribution >= 0.6 is 11.8 Å². The monoisotopic (exact) mass is 344 g/mol. The van der Waals surface area contributed by atoms with Crippen molar-refractivity contribution in [2.45, 2.75) is 28.9 Å². The van der Waals surface area contributed by atoms with Crippen molar-refractivity contribution in [1.29, 1.82) is 0 Å². The van der Waals surface area contributed by atoms with Gasteiger partial charge in [0.2, 0.25) is 0 Å². The lowest BCUT2D eigenvalue weighted by Crippen LogP contribution is -2.20. The normalized spacial score (nSPS) is 19.2. The number of hydrogen-bond acceptors (Lipinski definition) is 2. The molecule has 1 nitrogen and oxygen atoms in total. The quantitative estimate of drug-likeness (QED) is 0.544. The molecule has 3 aromatic carbocycles. The number of Topliss-reactive ketones (excluding diaryl/α,β-unsaturated/α-hetero) is 1. The summed E-state index contributed by atoms with van der Waals surface area (Å²) in [7, 11) is 0. The first-order valence-corrected chi connectivity index (χ1v) is 9.58. The summed E-state index contributed by atoms with van der Waals surface area (Å²) in [6.07, 6.45) is 1.59. The molecule has 2 atom stereocenters. The standard InChI is InChI=1S/C23H20OS/c24-22(18-11-5-2-6-12-18)16-19-15-21(17-9-3-1-4-10-17)20-13-7-8-14-23(20)25-19/h1-14,19,21H,15-16H2/t19-,21+/m0/s1. The molecule has 0 bridgehead atoms. The number of thioether (sulfide) groups is 1. The van der Waals surface area contributed by atoms with E-state index in [9.17, 15) is 4.79 Å². The Balaban J connectivity index is 1.61. The van der Waals surface area contributed by atoms with Crippen molar-refractivity contribution in [2.24, 2.45) is 0 Å². The van der Waals surface area contributed by atoms with Gasteiger partial charge < -0.3 is 0 Å². The molecule has 0 unspecified atom stereocenters. The van der Waals surface area contributed by atoms with Gasteiger partial charge in [0.1, 0.15) is 0 Å². The van der Waals surface area contributed by atoms with Crippen LogP contribution in [0.3, 0.4) is 0 Å². The van der Waals surface area contributed by atoms with Crippen LogP contribution in [0.5, 0.6) is 0 Å². The average Bonchev–Trinajstić information content (AvgIpc) is 2.68. The molecule has 0 aliphatic carbocycles. The van der Waals surface area contributed by atoms with Crippen LogP contribution in [-0.2, 0) is 0 Å². The fourth-order valence-electron chi connectivity index (χ4n) is 3.57. The number of rotatable bonds is 4. The highest BCUT2D eigenvalue weighted by Gasteiger charge is 2.29. The van der Waals surface area contributed by atoms with E-state index >= 15 is 0 Å². The van der Waals surface area contributed by atoms with Gasteiger partial charge >= 0.3 is 0 Å². The van der Waals surface area contributed by atoms with Crippen LogP contribution in [0, 0.1) is 0 Å². The molecule has 3 aromatic rings. The van der Waals surface area contributed by atoms with Crippen LogP contribution in [0.4, 0.5) is 0 Å². The number of hydrogen-bond donors (Lipinski definition) is 0. The van der Waals surface area contributed by atoms with Crippen molar-refractivity contribution < 1.29 is 4.79 Å². The lowest BCUT2D eigenvalue weighted by molar-refractivity contribution is 0.0981. The predicted molar refractivity (Wildman–Crippen MR) is 104 cm³/mol. The SMILES string of the molecule is O=C(C[C@@H]1C[C@H](c2ccccc2)c2ccccc2S1)c1ccccc1. The maximum absolute atomic E-state index is 12.7. The summed E-state index contributed by atoms with van der Waals surface area (Å²) in [5, 5.41) is 0.313. The van der Waals surface area contributed by atoms with Crippen LogP contribution in [-0.4, -0.2) is 11.0 Å². The zero-order valence-corrected chi connectivity index (χ0v) is 14.8. The second-order valence-electron chi connectivity index (χ2n) is 6.47. The van der Waals surface area contributed by atoms with Gasteiger partial charge in [0.15, 0.2) is 5.78 Å². The molecule has 25 heavy (non-hydrogen) atoms. The van der Waals surface area contributed by atoms with E-state index in [4.69, 9.17) is 0 Å². The molecule has 124 valence electrons. The summed E-state index contributed by atoms with van der Waals surface area (Å²) in [6, 6.07) is 28.9. The highest BCUT2D eigenvalue weighted by Crippen LogP contribution is 2.46. The zero-order chi connectivity index (χ0) is 17.1. The van der Waals surface area contributed by atoms with Gasteiger partial charge in [0.05, 0.1) is 0 Å². The molecule has 2 heteroatoms. The Hall–Kier alpha value is -2.32. The van der Waals surface area contributed by atoms with E-state index in [2.05, 4.69) is 54.6 Å². The van der Waals surface area contributed by atoms with E-state index in [1.165, 1.54) is 16.0 Å². The highest BCUT2D eigenvalue weighted by atomic mass is 32.2. The van der Waals surface area contributed by atoms with E-state index in [1.807, 2.05) is 42.1 Å². The molecule has 0 saturated carbocycles. The predicted octanol–water partition coefficient (Wildman–Crippen LogP) is 5.96. The minimum Gasteiger partial charge on any atom is -0.294 e. The Morgan fingerprint density at radius 1 is 0.840 bits per heavy atom. The molecule has 4 rings (SSSR count). The van der Waals surface area contributed by atoms with Crippen molar-refractivity contribution in [1.82, 2.24) is 0 Å². The molecular formula is C23H20OS. The molecule has 0 amide bonds. The van der Waals surface area contributed by atoms with Gasteiger partial charge in [-0.3, -0.25) is 4.79 Å². The largest absolute Gasteiger partial charge is 0.294 e. The Morgan fingerprint density at radius 3 is 2.24 bits per heavy atom. The second-order valence-corrected chi connectivity index (χ2v) is 7.81. The summed E-state index contributed by atoms with van der Waals surface area (Å²) in [5.41, 5.74) is 3.55. The maximum Gasteiger partial charge on any atom is 0.163 e. The first-order valence-electron chi connectivity index (χ1n) is 8.70. The molecule has 1 heterocycles. The lowest BCUT2D eigenvalue weighted by atomic mass is 9.85. The fraction of sp³-hybridized carbons (Fsp3) is 0.174. The van der Waals surface area contributed by atoms with Crippen LogP contribution in [0.15, 0.2) is 89.8 Å². The smallest absolute Gasteiger partial charge is 0.163 e. The third-order valence-electron chi connectivity index (χ3n) is 4.80. The minimum atomic E-state index is 0.240. The van der Waals surface area contributed by atoms with Crippen molar-refractivity contribution in [2.75, 3.05) is 0 Å². The molecule has 0 saturated heterocycles. The van der Waals surface area contributed by atoms with Gasteiger partial charge in [0.25, 0.3) is 0 Å². The van der Waals surface area contributed by atoms with Crippen molar-refractivity contribution in [3.05, 3.63) is 102 Å². The fourth-order valence-corrected chi connectivity index (χ4v) is 4.95. The van der Waals surface area contributed by atoms with Gasteiger partial charge in [-0.05, 0) is 23.6 Å². The summed E-state index contributed by atoms with van der Waals surface area (Å²) >= 11 is 1.86. The molecular weight excluding hydrogens is 324 g/mol. The van der Waals surface area contributed by atoms with Gasteiger partial charge in [-0.1, -0.05) is 78.9 Å². The molecule has 0 aromatic heterocycles. The first-order chi connectivity index (χ1) is 12.3. The number of benzene rings is 3. The zero-order valence-electron chi connectivity index (χ0n) is 14.0. The topological polar surface area (TPSA) is 17.1 Å². The van der Waals surface area contributed by atoms with Crippen molar-refractivity contribution >= 4 is 17.5 Å². The van der Waals surface area contributed by atoms with Crippen LogP contribution in [0.25, 0.3) is 0 Å². The van der Waals surface area contributed by atoms with Gasteiger partial charge in [-0.25, -0.2) is 0 Å². The Morgan fingerprint density at radius 2 is 1.48 bits per heavy atom. The number of fused-ring (bicyclic) bond motifs is 1. The van der Waals surface area contributed by atoms with Crippen LogP contribution in [0.2, 0.25) is 0 Å². The number of carbonyl (C=O) groups excluding carboxylic acids is 1.